The first-order valence-electron chi connectivity index (χ1n) is 5.61. The van der Waals surface area contributed by atoms with Crippen molar-refractivity contribution in [3.63, 3.8) is 0 Å². The fourth-order valence-corrected chi connectivity index (χ4v) is 1.54. The number of ether oxygens (including phenoxy) is 1. The Morgan fingerprint density at radius 1 is 1.35 bits per heavy atom. The van der Waals surface area contributed by atoms with E-state index in [4.69, 9.17) is 0 Å². The van der Waals surface area contributed by atoms with Crippen molar-refractivity contribution in [2.75, 3.05) is 6.61 Å². The molecule has 1 aromatic carbocycles. The highest BCUT2D eigenvalue weighted by Crippen LogP contribution is 2.23. The van der Waals surface area contributed by atoms with Crippen LogP contribution in [0.15, 0.2) is 12.1 Å². The first kappa shape index (κ1) is 16.0. The number of rotatable bonds is 6. The molecule has 0 saturated heterocycles. The van der Waals surface area contributed by atoms with Crippen LogP contribution in [0.25, 0.3) is 0 Å². The molecule has 110 valence electrons. The number of carbonyl (C=O) groups is 2. The third-order valence-electron chi connectivity index (χ3n) is 2.46. The lowest BCUT2D eigenvalue weighted by atomic mass is 10.0. The molecule has 0 radical (unpaired) electrons. The molecule has 20 heavy (non-hydrogen) atoms. The van der Waals surface area contributed by atoms with Gasteiger partial charge in [-0.3, -0.25) is 4.79 Å². The number of halogens is 3. The van der Waals surface area contributed by atoms with Crippen molar-refractivity contribution < 1.29 is 32.6 Å². The second-order valence-corrected chi connectivity index (χ2v) is 3.75. The minimum absolute atomic E-state index is 0.0388. The molecule has 0 fully saturated rings. The first-order valence-corrected chi connectivity index (χ1v) is 5.61. The number of aliphatic hydroxyl groups excluding tert-OH is 1. The largest absolute Gasteiger partial charge is 0.464 e. The van der Waals surface area contributed by atoms with Crippen LogP contribution < -0.4 is 5.32 Å². The van der Waals surface area contributed by atoms with Crippen molar-refractivity contribution in [3.05, 3.63) is 35.1 Å². The zero-order valence-corrected chi connectivity index (χ0v) is 10.4. The van der Waals surface area contributed by atoms with Gasteiger partial charge in [0.25, 0.3) is 0 Å². The monoisotopic (exact) mass is 291 g/mol. The van der Waals surface area contributed by atoms with Gasteiger partial charge in [0.15, 0.2) is 17.7 Å². The fraction of sp³-hybridized carbons (Fsp3) is 0.333. The Bertz CT molecular complexity index is 510. The maximum atomic E-state index is 13.5. The lowest BCUT2D eigenvalue weighted by molar-refractivity contribution is -0.149. The summed E-state index contributed by atoms with van der Waals surface area (Å²) in [5, 5.41) is 11.8. The molecule has 0 saturated carbocycles. The van der Waals surface area contributed by atoms with Gasteiger partial charge in [-0.1, -0.05) is 0 Å². The van der Waals surface area contributed by atoms with Crippen molar-refractivity contribution in [2.45, 2.75) is 19.1 Å². The van der Waals surface area contributed by atoms with E-state index in [-0.39, 0.29) is 19.1 Å². The van der Waals surface area contributed by atoms with Crippen LogP contribution in [0.3, 0.4) is 0 Å². The van der Waals surface area contributed by atoms with E-state index >= 15 is 0 Å². The van der Waals surface area contributed by atoms with Gasteiger partial charge >= 0.3 is 5.97 Å². The van der Waals surface area contributed by atoms with Crippen molar-refractivity contribution in [1.29, 1.82) is 0 Å². The van der Waals surface area contributed by atoms with Gasteiger partial charge in [0.05, 0.1) is 6.61 Å². The number of amides is 1. The summed E-state index contributed by atoms with van der Waals surface area (Å²) in [7, 11) is 0. The van der Waals surface area contributed by atoms with E-state index in [1.54, 1.807) is 0 Å². The SMILES string of the molecule is CCOC(=O)C(NC=O)C(O)c1cc(F)c(F)cc1F. The lowest BCUT2D eigenvalue weighted by Crippen LogP contribution is -2.42. The average Bonchev–Trinajstić information content (AvgIpc) is 2.39. The molecule has 2 unspecified atom stereocenters. The van der Waals surface area contributed by atoms with Crippen LogP contribution in [0.2, 0.25) is 0 Å². The minimum Gasteiger partial charge on any atom is -0.464 e. The minimum atomic E-state index is -1.92. The zero-order chi connectivity index (χ0) is 15.3. The highest BCUT2D eigenvalue weighted by atomic mass is 19.2. The number of benzene rings is 1. The average molecular weight is 291 g/mol. The number of esters is 1. The quantitative estimate of drug-likeness (QED) is 0.462. The van der Waals surface area contributed by atoms with Crippen molar-refractivity contribution >= 4 is 12.4 Å². The van der Waals surface area contributed by atoms with E-state index in [1.807, 2.05) is 5.32 Å². The molecule has 1 rings (SSSR count). The Morgan fingerprint density at radius 3 is 2.50 bits per heavy atom. The topological polar surface area (TPSA) is 75.6 Å². The van der Waals surface area contributed by atoms with Crippen LogP contribution in [0.4, 0.5) is 13.2 Å². The number of hydrogen-bond acceptors (Lipinski definition) is 4. The van der Waals surface area contributed by atoms with Crippen molar-refractivity contribution in [3.8, 4) is 0 Å². The lowest BCUT2D eigenvalue weighted by Gasteiger charge is -2.21. The summed E-state index contributed by atoms with van der Waals surface area (Å²) in [6, 6.07) is -0.989. The smallest absolute Gasteiger partial charge is 0.331 e. The van der Waals surface area contributed by atoms with Gasteiger partial charge in [-0.15, -0.1) is 0 Å². The second kappa shape index (κ2) is 6.90. The van der Waals surface area contributed by atoms with Gasteiger partial charge in [-0.2, -0.15) is 0 Å². The maximum absolute atomic E-state index is 13.5. The number of aliphatic hydroxyl groups is 1. The molecule has 0 spiro atoms. The summed E-state index contributed by atoms with van der Waals surface area (Å²) in [6.07, 6.45) is -1.82. The molecule has 1 amide bonds. The predicted molar refractivity (Wildman–Crippen MR) is 60.9 cm³/mol. The molecule has 1 aromatic rings. The molecule has 8 heteroatoms. The van der Waals surface area contributed by atoms with Crippen LogP contribution in [0, 0.1) is 17.5 Å². The molecular formula is C12H12F3NO4. The van der Waals surface area contributed by atoms with E-state index in [1.165, 1.54) is 6.92 Å². The summed E-state index contributed by atoms with van der Waals surface area (Å²) >= 11 is 0. The van der Waals surface area contributed by atoms with Gasteiger partial charge < -0.3 is 15.2 Å². The van der Waals surface area contributed by atoms with Crippen LogP contribution in [0.5, 0.6) is 0 Å². The third-order valence-corrected chi connectivity index (χ3v) is 2.46. The predicted octanol–water partition coefficient (Wildman–Crippen LogP) is 0.815. The zero-order valence-electron chi connectivity index (χ0n) is 10.4. The Balaban J connectivity index is 3.11. The van der Waals surface area contributed by atoms with E-state index in [9.17, 15) is 27.9 Å². The van der Waals surface area contributed by atoms with Gasteiger partial charge in [0.2, 0.25) is 6.41 Å². The molecule has 0 aliphatic carbocycles. The summed E-state index contributed by atoms with van der Waals surface area (Å²) in [6.45, 7) is 1.45. The first-order chi connectivity index (χ1) is 9.42. The van der Waals surface area contributed by atoms with Gasteiger partial charge in [-0.05, 0) is 13.0 Å². The van der Waals surface area contributed by atoms with E-state index < -0.39 is 41.1 Å². The van der Waals surface area contributed by atoms with Crippen LogP contribution in [0.1, 0.15) is 18.6 Å². The standard InChI is InChI=1S/C12H12F3NO4/c1-2-20-12(19)10(16-5-17)11(18)6-3-8(14)9(15)4-7(6)13/h3-5,10-11,18H,2H2,1H3,(H,16,17). The molecule has 2 atom stereocenters. The fourth-order valence-electron chi connectivity index (χ4n) is 1.54. The van der Waals surface area contributed by atoms with Crippen LogP contribution in [-0.4, -0.2) is 30.1 Å². The maximum Gasteiger partial charge on any atom is 0.331 e. The Morgan fingerprint density at radius 2 is 1.95 bits per heavy atom. The molecule has 5 nitrogen and oxygen atoms in total. The number of carbonyl (C=O) groups excluding carboxylic acids is 2. The molecule has 0 bridgehead atoms. The van der Waals surface area contributed by atoms with Gasteiger partial charge in [0, 0.05) is 11.6 Å². The molecule has 0 heterocycles. The summed E-state index contributed by atoms with van der Waals surface area (Å²) < 4.78 is 43.9. The van der Waals surface area contributed by atoms with E-state index in [2.05, 4.69) is 4.74 Å². The number of nitrogens with one attached hydrogen (secondary N) is 1. The third kappa shape index (κ3) is 3.47. The molecular weight excluding hydrogens is 279 g/mol. The molecule has 0 aliphatic rings. The molecule has 2 N–H and O–H groups in total. The Labute approximate surface area is 112 Å². The summed E-state index contributed by atoms with van der Waals surface area (Å²) in [5.74, 6) is -5.11. The van der Waals surface area contributed by atoms with E-state index in [0.29, 0.717) is 6.07 Å². The van der Waals surface area contributed by atoms with Crippen molar-refractivity contribution in [1.82, 2.24) is 5.32 Å². The van der Waals surface area contributed by atoms with Crippen LogP contribution in [-0.2, 0) is 14.3 Å². The Kier molecular flexibility index (Phi) is 5.51. The van der Waals surface area contributed by atoms with Gasteiger partial charge in [0.1, 0.15) is 11.9 Å². The van der Waals surface area contributed by atoms with Crippen LogP contribution >= 0.6 is 0 Å². The van der Waals surface area contributed by atoms with Crippen molar-refractivity contribution in [2.24, 2.45) is 0 Å². The molecule has 0 aromatic heterocycles. The normalized spacial score (nSPS) is 13.4. The highest BCUT2D eigenvalue weighted by molar-refractivity contribution is 5.79. The second-order valence-electron chi connectivity index (χ2n) is 3.75. The van der Waals surface area contributed by atoms with E-state index in [0.717, 1.165) is 0 Å². The summed E-state index contributed by atoms with van der Waals surface area (Å²) in [4.78, 5) is 21.9. The molecule has 0 aliphatic heterocycles. The Hall–Kier alpha value is -2.09. The highest BCUT2D eigenvalue weighted by Gasteiger charge is 2.31. The summed E-state index contributed by atoms with van der Waals surface area (Å²) in [5.41, 5.74) is -0.670. The van der Waals surface area contributed by atoms with Gasteiger partial charge in [-0.25, -0.2) is 18.0 Å². The number of hydrogen-bond donors (Lipinski definition) is 2.